The number of carbonyl (C=O) groups excluding carboxylic acids is 1. The number of alkyl halides is 2. The zero-order chi connectivity index (χ0) is 10.6. The van der Waals surface area contributed by atoms with Gasteiger partial charge in [0.25, 0.3) is 0 Å². The molecular formula is C8H16ClF2NO2. The number of esters is 1. The summed E-state index contributed by atoms with van der Waals surface area (Å²) in [6, 6.07) is -1.24. The fourth-order valence-corrected chi connectivity index (χ4v) is 0.666. The average molecular weight is 232 g/mol. The number of hydrogen-bond donors (Lipinski definition) is 1. The second kappa shape index (κ2) is 6.14. The van der Waals surface area contributed by atoms with Crippen LogP contribution in [-0.2, 0) is 9.53 Å². The van der Waals surface area contributed by atoms with Crippen LogP contribution in [-0.4, -0.2) is 24.0 Å². The molecule has 6 heteroatoms. The third kappa shape index (κ3) is 8.19. The van der Waals surface area contributed by atoms with Crippen LogP contribution in [0.15, 0.2) is 0 Å². The SMILES string of the molecule is CC(C)(C)OC(=O)[C@H](N)CC(F)F.Cl. The standard InChI is InChI=1S/C8H15F2NO2.ClH/c1-8(2,3)13-7(12)5(11)4-6(9)10;/h5-6H,4,11H2,1-3H3;1H/t5-;/m1./s1. The van der Waals surface area contributed by atoms with Crippen molar-refractivity contribution in [1.29, 1.82) is 0 Å². The van der Waals surface area contributed by atoms with Crippen LogP contribution in [0.2, 0.25) is 0 Å². The van der Waals surface area contributed by atoms with Crippen molar-refractivity contribution in [3.63, 3.8) is 0 Å². The van der Waals surface area contributed by atoms with Crippen molar-refractivity contribution in [3.05, 3.63) is 0 Å². The Hall–Kier alpha value is -0.420. The molecule has 3 nitrogen and oxygen atoms in total. The lowest BCUT2D eigenvalue weighted by Crippen LogP contribution is -2.38. The summed E-state index contributed by atoms with van der Waals surface area (Å²) in [7, 11) is 0. The van der Waals surface area contributed by atoms with Gasteiger partial charge in [-0.05, 0) is 20.8 Å². The summed E-state index contributed by atoms with van der Waals surface area (Å²) in [5, 5.41) is 0. The van der Waals surface area contributed by atoms with Crippen molar-refractivity contribution in [2.45, 2.75) is 45.3 Å². The largest absolute Gasteiger partial charge is 0.459 e. The Morgan fingerprint density at radius 2 is 1.86 bits per heavy atom. The van der Waals surface area contributed by atoms with Gasteiger partial charge in [-0.1, -0.05) is 0 Å². The molecule has 86 valence electrons. The van der Waals surface area contributed by atoms with Crippen molar-refractivity contribution < 1.29 is 18.3 Å². The summed E-state index contributed by atoms with van der Waals surface area (Å²) in [5.74, 6) is -0.784. The van der Waals surface area contributed by atoms with Gasteiger partial charge in [0, 0.05) is 6.42 Å². The molecule has 0 amide bonds. The summed E-state index contributed by atoms with van der Waals surface area (Å²) < 4.78 is 28.4. The Balaban J connectivity index is 0. The molecule has 0 rings (SSSR count). The number of nitrogens with two attached hydrogens (primary N) is 1. The summed E-state index contributed by atoms with van der Waals surface area (Å²) in [5.41, 5.74) is 4.49. The first-order valence-corrected chi connectivity index (χ1v) is 3.99. The highest BCUT2D eigenvalue weighted by Crippen LogP contribution is 2.10. The van der Waals surface area contributed by atoms with E-state index in [1.165, 1.54) is 0 Å². The van der Waals surface area contributed by atoms with E-state index in [-0.39, 0.29) is 12.4 Å². The average Bonchev–Trinajstić information content (AvgIpc) is 1.81. The van der Waals surface area contributed by atoms with Crippen LogP contribution in [0.25, 0.3) is 0 Å². The molecule has 0 radical (unpaired) electrons. The van der Waals surface area contributed by atoms with Crippen molar-refractivity contribution in [2.24, 2.45) is 5.73 Å². The molecular weight excluding hydrogens is 216 g/mol. The van der Waals surface area contributed by atoms with Crippen LogP contribution < -0.4 is 5.73 Å². The Morgan fingerprint density at radius 3 is 2.14 bits per heavy atom. The van der Waals surface area contributed by atoms with E-state index in [0.29, 0.717) is 0 Å². The molecule has 0 saturated carbocycles. The van der Waals surface area contributed by atoms with E-state index >= 15 is 0 Å². The van der Waals surface area contributed by atoms with Crippen molar-refractivity contribution in [1.82, 2.24) is 0 Å². The zero-order valence-corrected chi connectivity index (χ0v) is 9.24. The van der Waals surface area contributed by atoms with Crippen LogP contribution in [0.4, 0.5) is 8.78 Å². The highest BCUT2D eigenvalue weighted by atomic mass is 35.5. The fourth-order valence-electron chi connectivity index (χ4n) is 0.666. The minimum absolute atomic E-state index is 0. The highest BCUT2D eigenvalue weighted by molar-refractivity contribution is 5.85. The summed E-state index contributed by atoms with van der Waals surface area (Å²) in [6.45, 7) is 4.96. The predicted molar refractivity (Wildman–Crippen MR) is 51.7 cm³/mol. The maximum absolute atomic E-state index is 11.8. The fraction of sp³-hybridized carbons (Fsp3) is 0.875. The molecule has 1 atom stereocenters. The van der Waals surface area contributed by atoms with Crippen molar-refractivity contribution in [2.75, 3.05) is 0 Å². The van der Waals surface area contributed by atoms with E-state index in [9.17, 15) is 13.6 Å². The molecule has 0 aromatic rings. The number of halogens is 3. The minimum Gasteiger partial charge on any atom is -0.459 e. The van der Waals surface area contributed by atoms with Gasteiger partial charge in [-0.25, -0.2) is 8.78 Å². The lowest BCUT2D eigenvalue weighted by molar-refractivity contribution is -0.157. The molecule has 2 N–H and O–H groups in total. The van der Waals surface area contributed by atoms with Gasteiger partial charge in [0.15, 0.2) is 0 Å². The van der Waals surface area contributed by atoms with Crippen LogP contribution in [0.1, 0.15) is 27.2 Å². The van der Waals surface area contributed by atoms with E-state index < -0.39 is 30.5 Å². The number of hydrogen-bond acceptors (Lipinski definition) is 3. The van der Waals surface area contributed by atoms with Gasteiger partial charge in [0.1, 0.15) is 11.6 Å². The molecule has 0 aliphatic carbocycles. The zero-order valence-electron chi connectivity index (χ0n) is 8.42. The van der Waals surface area contributed by atoms with Gasteiger partial charge in [-0.15, -0.1) is 12.4 Å². The molecule has 0 saturated heterocycles. The molecule has 0 aromatic heterocycles. The Morgan fingerprint density at radius 1 is 1.43 bits per heavy atom. The first-order valence-electron chi connectivity index (χ1n) is 3.99. The number of rotatable bonds is 3. The second-order valence-corrected chi connectivity index (χ2v) is 3.77. The molecule has 14 heavy (non-hydrogen) atoms. The van der Waals surface area contributed by atoms with E-state index in [1.54, 1.807) is 20.8 Å². The summed E-state index contributed by atoms with van der Waals surface area (Å²) >= 11 is 0. The van der Waals surface area contributed by atoms with Gasteiger partial charge in [-0.3, -0.25) is 4.79 Å². The van der Waals surface area contributed by atoms with Gasteiger partial charge >= 0.3 is 5.97 Å². The van der Waals surface area contributed by atoms with Crippen LogP contribution in [0.3, 0.4) is 0 Å². The Bertz CT molecular complexity index is 183. The second-order valence-electron chi connectivity index (χ2n) is 3.77. The first kappa shape index (κ1) is 16.0. The van der Waals surface area contributed by atoms with E-state index in [2.05, 4.69) is 0 Å². The Labute approximate surface area is 88.4 Å². The van der Waals surface area contributed by atoms with Gasteiger partial charge in [0.2, 0.25) is 6.43 Å². The number of carbonyl (C=O) groups is 1. The molecule has 0 aromatic carbocycles. The van der Waals surface area contributed by atoms with Crippen molar-refractivity contribution >= 4 is 18.4 Å². The van der Waals surface area contributed by atoms with Crippen molar-refractivity contribution in [3.8, 4) is 0 Å². The third-order valence-electron chi connectivity index (χ3n) is 1.14. The van der Waals surface area contributed by atoms with Gasteiger partial charge in [-0.2, -0.15) is 0 Å². The third-order valence-corrected chi connectivity index (χ3v) is 1.14. The molecule has 0 spiro atoms. The first-order chi connectivity index (χ1) is 5.72. The molecule has 0 heterocycles. The molecule has 0 bridgehead atoms. The summed E-state index contributed by atoms with van der Waals surface area (Å²) in [6.07, 6.45) is -3.24. The predicted octanol–water partition coefficient (Wildman–Crippen LogP) is 1.73. The molecule has 0 fully saturated rings. The monoisotopic (exact) mass is 231 g/mol. The van der Waals surface area contributed by atoms with Gasteiger partial charge in [0.05, 0.1) is 0 Å². The maximum atomic E-state index is 11.8. The molecule has 0 aliphatic heterocycles. The van der Waals surface area contributed by atoms with Crippen LogP contribution in [0, 0.1) is 0 Å². The lowest BCUT2D eigenvalue weighted by atomic mass is 10.1. The quantitative estimate of drug-likeness (QED) is 0.753. The van der Waals surface area contributed by atoms with E-state index in [1.807, 2.05) is 0 Å². The number of ether oxygens (including phenoxy) is 1. The van der Waals surface area contributed by atoms with Gasteiger partial charge < -0.3 is 10.5 Å². The summed E-state index contributed by atoms with van der Waals surface area (Å²) in [4.78, 5) is 11.0. The van der Waals surface area contributed by atoms with E-state index in [0.717, 1.165) is 0 Å². The molecule has 0 unspecified atom stereocenters. The lowest BCUT2D eigenvalue weighted by Gasteiger charge is -2.21. The van der Waals surface area contributed by atoms with E-state index in [4.69, 9.17) is 10.5 Å². The minimum atomic E-state index is -2.58. The topological polar surface area (TPSA) is 52.3 Å². The van der Waals surface area contributed by atoms with Crippen LogP contribution >= 0.6 is 12.4 Å². The maximum Gasteiger partial charge on any atom is 0.323 e. The normalized spacial score (nSPS) is 13.4. The Kier molecular flexibility index (Phi) is 7.02. The smallest absolute Gasteiger partial charge is 0.323 e. The molecule has 0 aliphatic rings. The van der Waals surface area contributed by atoms with Crippen LogP contribution in [0.5, 0.6) is 0 Å². The highest BCUT2D eigenvalue weighted by Gasteiger charge is 2.24.